The van der Waals surface area contributed by atoms with E-state index in [0.717, 1.165) is 12.8 Å². The van der Waals surface area contributed by atoms with Crippen molar-refractivity contribution in [1.82, 2.24) is 19.7 Å². The molecular formula is C11H15N5O. The summed E-state index contributed by atoms with van der Waals surface area (Å²) in [6.45, 7) is 3.48. The Kier molecular flexibility index (Phi) is 3.09. The molecule has 0 aliphatic carbocycles. The second-order valence-electron chi connectivity index (χ2n) is 4.65. The number of aromatic nitrogens is 3. The van der Waals surface area contributed by atoms with E-state index in [0.29, 0.717) is 13.1 Å². The molecule has 6 heteroatoms. The quantitative estimate of drug-likeness (QED) is 0.742. The minimum absolute atomic E-state index is 0.0375. The number of hydrogen-bond donors (Lipinski definition) is 0. The zero-order valence-corrected chi connectivity index (χ0v) is 9.83. The Hall–Kier alpha value is -1.90. The van der Waals surface area contributed by atoms with Crippen LogP contribution < -0.4 is 0 Å². The van der Waals surface area contributed by atoms with Crippen LogP contribution in [0, 0.1) is 16.7 Å². The minimum Gasteiger partial charge on any atom is -0.341 e. The summed E-state index contributed by atoms with van der Waals surface area (Å²) in [5.41, 5.74) is -0.274. The van der Waals surface area contributed by atoms with E-state index in [9.17, 15) is 4.79 Å². The highest BCUT2D eigenvalue weighted by Crippen LogP contribution is 2.29. The average molecular weight is 233 g/mol. The van der Waals surface area contributed by atoms with Gasteiger partial charge < -0.3 is 4.90 Å². The van der Waals surface area contributed by atoms with Gasteiger partial charge in [-0.15, -0.1) is 0 Å². The molecule has 1 aromatic rings. The van der Waals surface area contributed by atoms with Crippen LogP contribution in [0.4, 0.5) is 0 Å². The molecule has 0 aromatic carbocycles. The second kappa shape index (κ2) is 4.53. The number of nitrogens with zero attached hydrogens (tertiary/aromatic N) is 5. The first-order valence-corrected chi connectivity index (χ1v) is 5.64. The Bertz CT molecular complexity index is 425. The molecule has 17 heavy (non-hydrogen) atoms. The van der Waals surface area contributed by atoms with Crippen molar-refractivity contribution in [3.63, 3.8) is 0 Å². The van der Waals surface area contributed by atoms with Gasteiger partial charge in [0.25, 0.3) is 0 Å². The number of likely N-dealkylation sites (tertiary alicyclic amines) is 1. The first-order chi connectivity index (χ1) is 8.13. The van der Waals surface area contributed by atoms with E-state index in [1.54, 1.807) is 4.90 Å². The Morgan fingerprint density at radius 1 is 1.53 bits per heavy atom. The Balaban J connectivity index is 1.89. The molecule has 0 bridgehead atoms. The van der Waals surface area contributed by atoms with Gasteiger partial charge >= 0.3 is 0 Å². The molecule has 2 heterocycles. The standard InChI is InChI=1S/C11H15N5O/c1-11(7-12)2-4-15(5-3-11)10(17)6-16-9-13-8-14-16/h8-9H,2-6H2,1H3. The summed E-state index contributed by atoms with van der Waals surface area (Å²) in [6, 6.07) is 2.32. The SMILES string of the molecule is CC1(C#N)CCN(C(=O)Cn2cncn2)CC1. The van der Waals surface area contributed by atoms with Crippen LogP contribution in [0.25, 0.3) is 0 Å². The van der Waals surface area contributed by atoms with Crippen molar-refractivity contribution in [3.8, 4) is 6.07 Å². The maximum Gasteiger partial charge on any atom is 0.244 e. The van der Waals surface area contributed by atoms with Gasteiger partial charge in [0.15, 0.2) is 0 Å². The summed E-state index contributed by atoms with van der Waals surface area (Å²) < 4.78 is 1.51. The van der Waals surface area contributed by atoms with Crippen molar-refractivity contribution in [3.05, 3.63) is 12.7 Å². The van der Waals surface area contributed by atoms with E-state index < -0.39 is 0 Å². The lowest BCUT2D eigenvalue weighted by molar-refractivity contribution is -0.133. The highest BCUT2D eigenvalue weighted by molar-refractivity contribution is 5.76. The molecule has 1 amide bonds. The van der Waals surface area contributed by atoms with Crippen molar-refractivity contribution >= 4 is 5.91 Å². The largest absolute Gasteiger partial charge is 0.341 e. The number of carbonyl (C=O) groups excluding carboxylic acids is 1. The van der Waals surface area contributed by atoms with Crippen LogP contribution in [-0.2, 0) is 11.3 Å². The number of amides is 1. The van der Waals surface area contributed by atoms with Gasteiger partial charge in [0.1, 0.15) is 19.2 Å². The predicted octanol–water partition coefficient (Wildman–Crippen LogP) is 0.430. The third-order valence-electron chi connectivity index (χ3n) is 3.25. The number of hydrogen-bond acceptors (Lipinski definition) is 4. The van der Waals surface area contributed by atoms with Gasteiger partial charge in [-0.2, -0.15) is 10.4 Å². The average Bonchev–Trinajstić information content (AvgIpc) is 2.83. The lowest BCUT2D eigenvalue weighted by Crippen LogP contribution is -2.43. The lowest BCUT2D eigenvalue weighted by Gasteiger charge is -2.34. The van der Waals surface area contributed by atoms with Crippen LogP contribution in [0.1, 0.15) is 19.8 Å². The van der Waals surface area contributed by atoms with Crippen molar-refractivity contribution in [2.45, 2.75) is 26.3 Å². The maximum absolute atomic E-state index is 11.9. The Morgan fingerprint density at radius 3 is 2.76 bits per heavy atom. The fourth-order valence-electron chi connectivity index (χ4n) is 1.91. The summed E-state index contributed by atoms with van der Waals surface area (Å²) in [6.07, 6.45) is 4.43. The molecule has 0 unspecified atom stereocenters. The summed E-state index contributed by atoms with van der Waals surface area (Å²) in [7, 11) is 0. The second-order valence-corrected chi connectivity index (χ2v) is 4.65. The molecule has 1 aliphatic heterocycles. The predicted molar refractivity (Wildman–Crippen MR) is 59.6 cm³/mol. The van der Waals surface area contributed by atoms with E-state index in [1.807, 2.05) is 6.92 Å². The molecule has 2 rings (SSSR count). The number of rotatable bonds is 2. The van der Waals surface area contributed by atoms with E-state index in [4.69, 9.17) is 5.26 Å². The molecule has 0 spiro atoms. The van der Waals surface area contributed by atoms with Crippen LogP contribution in [0.3, 0.4) is 0 Å². The topological polar surface area (TPSA) is 74.8 Å². The van der Waals surface area contributed by atoms with Gasteiger partial charge in [-0.05, 0) is 19.8 Å². The molecule has 1 fully saturated rings. The van der Waals surface area contributed by atoms with Crippen LogP contribution in [0.2, 0.25) is 0 Å². The van der Waals surface area contributed by atoms with Gasteiger partial charge in [-0.25, -0.2) is 9.67 Å². The smallest absolute Gasteiger partial charge is 0.244 e. The van der Waals surface area contributed by atoms with Crippen LogP contribution >= 0.6 is 0 Å². The molecule has 6 nitrogen and oxygen atoms in total. The molecule has 0 N–H and O–H groups in total. The Labute approximate surface area is 99.9 Å². The molecule has 1 saturated heterocycles. The fourth-order valence-corrected chi connectivity index (χ4v) is 1.91. The first-order valence-electron chi connectivity index (χ1n) is 5.64. The highest BCUT2D eigenvalue weighted by Gasteiger charge is 2.31. The van der Waals surface area contributed by atoms with E-state index in [1.165, 1.54) is 17.3 Å². The zero-order chi connectivity index (χ0) is 12.3. The maximum atomic E-state index is 11.9. The zero-order valence-electron chi connectivity index (χ0n) is 9.83. The molecular weight excluding hydrogens is 218 g/mol. The number of piperidine rings is 1. The number of carbonyl (C=O) groups is 1. The Morgan fingerprint density at radius 2 is 2.24 bits per heavy atom. The summed E-state index contributed by atoms with van der Waals surface area (Å²) in [5.74, 6) is 0.0375. The van der Waals surface area contributed by atoms with Gasteiger partial charge in [0, 0.05) is 13.1 Å². The molecule has 90 valence electrons. The van der Waals surface area contributed by atoms with Crippen molar-refractivity contribution in [1.29, 1.82) is 5.26 Å². The summed E-state index contributed by atoms with van der Waals surface area (Å²) in [4.78, 5) is 17.5. The van der Waals surface area contributed by atoms with Gasteiger partial charge in [-0.3, -0.25) is 4.79 Å². The van der Waals surface area contributed by atoms with E-state index in [2.05, 4.69) is 16.2 Å². The van der Waals surface area contributed by atoms with Gasteiger partial charge in [0.2, 0.25) is 5.91 Å². The van der Waals surface area contributed by atoms with Crippen LogP contribution in [0.5, 0.6) is 0 Å². The molecule has 0 radical (unpaired) electrons. The normalized spacial score (nSPS) is 18.7. The molecule has 1 aromatic heterocycles. The fraction of sp³-hybridized carbons (Fsp3) is 0.636. The summed E-state index contributed by atoms with van der Waals surface area (Å²) in [5, 5.41) is 12.9. The first kappa shape index (κ1) is 11.6. The van der Waals surface area contributed by atoms with Crippen molar-refractivity contribution in [2.75, 3.05) is 13.1 Å². The van der Waals surface area contributed by atoms with E-state index in [-0.39, 0.29) is 17.9 Å². The number of nitriles is 1. The third-order valence-corrected chi connectivity index (χ3v) is 3.25. The van der Waals surface area contributed by atoms with Gasteiger partial charge in [0.05, 0.1) is 11.5 Å². The van der Waals surface area contributed by atoms with Crippen LogP contribution in [0.15, 0.2) is 12.7 Å². The summed E-state index contributed by atoms with van der Waals surface area (Å²) >= 11 is 0. The van der Waals surface area contributed by atoms with Crippen LogP contribution in [-0.4, -0.2) is 38.7 Å². The molecule has 0 atom stereocenters. The van der Waals surface area contributed by atoms with Crippen molar-refractivity contribution in [2.24, 2.45) is 5.41 Å². The van der Waals surface area contributed by atoms with Crippen molar-refractivity contribution < 1.29 is 4.79 Å². The van der Waals surface area contributed by atoms with E-state index >= 15 is 0 Å². The third kappa shape index (κ3) is 2.61. The van der Waals surface area contributed by atoms with Gasteiger partial charge in [-0.1, -0.05) is 0 Å². The minimum atomic E-state index is -0.274. The molecule has 0 saturated carbocycles. The molecule has 1 aliphatic rings. The monoisotopic (exact) mass is 233 g/mol. The highest BCUT2D eigenvalue weighted by atomic mass is 16.2. The lowest BCUT2D eigenvalue weighted by atomic mass is 9.82.